The minimum Gasteiger partial charge on any atom is -0.393 e. The smallest absolute Gasteiger partial charge is 0.168 e. The number of nitrogens with two attached hydrogens (primary N) is 2. The fraction of sp³-hybridized carbons (Fsp3) is 0.500. The SMILES string of the molecule is CCCCNc1ncnc(NN)c1N. The molecule has 6 N–H and O–H groups in total. The van der Waals surface area contributed by atoms with Gasteiger partial charge < -0.3 is 16.5 Å². The van der Waals surface area contributed by atoms with Gasteiger partial charge >= 0.3 is 0 Å². The highest BCUT2D eigenvalue weighted by Gasteiger charge is 2.05. The second-order valence-corrected chi connectivity index (χ2v) is 2.91. The topological polar surface area (TPSA) is 102 Å². The Morgan fingerprint density at radius 1 is 1.36 bits per heavy atom. The maximum absolute atomic E-state index is 5.75. The molecule has 0 unspecified atom stereocenters. The maximum Gasteiger partial charge on any atom is 0.168 e. The van der Waals surface area contributed by atoms with Crippen LogP contribution in [0.1, 0.15) is 19.8 Å². The number of nitrogens with one attached hydrogen (secondary N) is 2. The van der Waals surface area contributed by atoms with Crippen LogP contribution in [0.25, 0.3) is 0 Å². The van der Waals surface area contributed by atoms with Crippen LogP contribution in [0, 0.1) is 0 Å². The van der Waals surface area contributed by atoms with E-state index in [1.807, 2.05) is 0 Å². The zero-order valence-corrected chi connectivity index (χ0v) is 8.25. The van der Waals surface area contributed by atoms with Crippen LogP contribution >= 0.6 is 0 Å². The summed E-state index contributed by atoms with van der Waals surface area (Å²) in [5.74, 6) is 6.30. The molecule has 0 saturated carbocycles. The van der Waals surface area contributed by atoms with E-state index in [0.29, 0.717) is 17.3 Å². The van der Waals surface area contributed by atoms with Crippen LogP contribution in [0.3, 0.4) is 0 Å². The van der Waals surface area contributed by atoms with Gasteiger partial charge in [-0.05, 0) is 6.42 Å². The molecule has 6 heteroatoms. The van der Waals surface area contributed by atoms with E-state index in [2.05, 4.69) is 27.6 Å². The van der Waals surface area contributed by atoms with Crippen LogP contribution < -0.4 is 22.3 Å². The van der Waals surface area contributed by atoms with Crippen LogP contribution in [0.4, 0.5) is 17.3 Å². The highest BCUT2D eigenvalue weighted by molar-refractivity contribution is 5.73. The molecule has 14 heavy (non-hydrogen) atoms. The van der Waals surface area contributed by atoms with E-state index in [1.165, 1.54) is 6.33 Å². The average molecular weight is 196 g/mol. The first-order valence-corrected chi connectivity index (χ1v) is 4.60. The first-order chi connectivity index (χ1) is 6.79. The van der Waals surface area contributed by atoms with Crippen molar-refractivity contribution < 1.29 is 0 Å². The lowest BCUT2D eigenvalue weighted by Gasteiger charge is -2.09. The van der Waals surface area contributed by atoms with Gasteiger partial charge in [0, 0.05) is 6.54 Å². The lowest BCUT2D eigenvalue weighted by atomic mass is 10.3. The van der Waals surface area contributed by atoms with E-state index in [0.717, 1.165) is 19.4 Å². The zero-order valence-electron chi connectivity index (χ0n) is 8.25. The minimum atomic E-state index is 0.444. The molecule has 0 bridgehead atoms. The number of hydrogen-bond donors (Lipinski definition) is 4. The van der Waals surface area contributed by atoms with E-state index >= 15 is 0 Å². The number of nitrogen functional groups attached to an aromatic ring is 2. The molecule has 0 atom stereocenters. The van der Waals surface area contributed by atoms with Crippen LogP contribution in [0.15, 0.2) is 6.33 Å². The largest absolute Gasteiger partial charge is 0.393 e. The number of rotatable bonds is 5. The van der Waals surface area contributed by atoms with Crippen LogP contribution in [0.2, 0.25) is 0 Å². The summed E-state index contributed by atoms with van der Waals surface area (Å²) in [7, 11) is 0. The first-order valence-electron chi connectivity index (χ1n) is 4.60. The van der Waals surface area contributed by atoms with Crippen molar-refractivity contribution in [2.45, 2.75) is 19.8 Å². The zero-order chi connectivity index (χ0) is 10.4. The molecule has 0 aliphatic heterocycles. The molecule has 1 aromatic heterocycles. The van der Waals surface area contributed by atoms with E-state index in [9.17, 15) is 0 Å². The molecule has 0 amide bonds. The predicted molar refractivity (Wildman–Crippen MR) is 57.7 cm³/mol. The van der Waals surface area contributed by atoms with Crippen molar-refractivity contribution in [2.75, 3.05) is 23.0 Å². The molecule has 0 spiro atoms. The number of unbranched alkanes of at least 4 members (excludes halogenated alkanes) is 1. The van der Waals surface area contributed by atoms with Gasteiger partial charge in [-0.2, -0.15) is 0 Å². The fourth-order valence-corrected chi connectivity index (χ4v) is 1.04. The molecule has 0 aliphatic carbocycles. The molecule has 6 nitrogen and oxygen atoms in total. The first kappa shape index (κ1) is 10.5. The molecule has 0 radical (unpaired) electrons. The van der Waals surface area contributed by atoms with Crippen LogP contribution in [-0.2, 0) is 0 Å². The van der Waals surface area contributed by atoms with E-state index < -0.39 is 0 Å². The normalized spacial score (nSPS) is 9.86. The summed E-state index contributed by atoms with van der Waals surface area (Å²) in [5, 5.41) is 3.12. The van der Waals surface area contributed by atoms with Crippen molar-refractivity contribution in [1.82, 2.24) is 9.97 Å². The van der Waals surface area contributed by atoms with Gasteiger partial charge in [-0.25, -0.2) is 15.8 Å². The summed E-state index contributed by atoms with van der Waals surface area (Å²) in [4.78, 5) is 7.89. The highest BCUT2D eigenvalue weighted by atomic mass is 15.3. The van der Waals surface area contributed by atoms with Crippen molar-refractivity contribution in [3.05, 3.63) is 6.33 Å². The Morgan fingerprint density at radius 2 is 2.07 bits per heavy atom. The molecule has 0 saturated heterocycles. The number of hydrogen-bond acceptors (Lipinski definition) is 6. The fourth-order valence-electron chi connectivity index (χ4n) is 1.04. The van der Waals surface area contributed by atoms with Gasteiger partial charge in [0.1, 0.15) is 12.0 Å². The highest BCUT2D eigenvalue weighted by Crippen LogP contribution is 2.20. The van der Waals surface area contributed by atoms with Gasteiger partial charge in [0.2, 0.25) is 0 Å². The van der Waals surface area contributed by atoms with E-state index in [1.54, 1.807) is 0 Å². The average Bonchev–Trinajstić information content (AvgIpc) is 2.21. The molecule has 0 aromatic carbocycles. The lowest BCUT2D eigenvalue weighted by molar-refractivity contribution is 0.830. The summed E-state index contributed by atoms with van der Waals surface area (Å²) in [6.45, 7) is 2.97. The van der Waals surface area contributed by atoms with Gasteiger partial charge in [0.05, 0.1) is 0 Å². The van der Waals surface area contributed by atoms with Gasteiger partial charge in [-0.1, -0.05) is 13.3 Å². The minimum absolute atomic E-state index is 0.444. The van der Waals surface area contributed by atoms with Gasteiger partial charge in [-0.15, -0.1) is 0 Å². The van der Waals surface area contributed by atoms with E-state index in [4.69, 9.17) is 11.6 Å². The Balaban J connectivity index is 2.66. The summed E-state index contributed by atoms with van der Waals surface area (Å²) < 4.78 is 0. The van der Waals surface area contributed by atoms with Crippen molar-refractivity contribution >= 4 is 17.3 Å². The number of nitrogens with zero attached hydrogens (tertiary/aromatic N) is 2. The molecular weight excluding hydrogens is 180 g/mol. The Labute approximate surface area is 83.1 Å². The maximum atomic E-state index is 5.75. The monoisotopic (exact) mass is 196 g/mol. The van der Waals surface area contributed by atoms with Crippen molar-refractivity contribution in [2.24, 2.45) is 5.84 Å². The lowest BCUT2D eigenvalue weighted by Crippen LogP contribution is -2.14. The Morgan fingerprint density at radius 3 is 2.71 bits per heavy atom. The number of anilines is 3. The molecule has 1 rings (SSSR count). The molecule has 78 valence electrons. The Kier molecular flexibility index (Phi) is 3.93. The third kappa shape index (κ3) is 2.46. The predicted octanol–water partition coefficient (Wildman–Crippen LogP) is 0.556. The standard InChI is InChI=1S/C8H16N6/c1-2-3-4-11-7-6(9)8(14-10)13-5-12-7/h5H,2-4,9-10H2,1H3,(H2,11,12,13,14). The quantitative estimate of drug-likeness (QED) is 0.312. The molecule has 0 aliphatic rings. The van der Waals surface area contributed by atoms with Gasteiger partial charge in [0.15, 0.2) is 11.6 Å². The summed E-state index contributed by atoms with van der Waals surface area (Å²) in [5.41, 5.74) is 8.61. The number of aromatic nitrogens is 2. The van der Waals surface area contributed by atoms with Crippen molar-refractivity contribution in [3.8, 4) is 0 Å². The third-order valence-corrected chi connectivity index (χ3v) is 1.84. The summed E-state index contributed by atoms with van der Waals surface area (Å²) >= 11 is 0. The Bertz CT molecular complexity index is 287. The second kappa shape index (κ2) is 5.23. The van der Waals surface area contributed by atoms with Crippen LogP contribution in [0.5, 0.6) is 0 Å². The molecular formula is C8H16N6. The second-order valence-electron chi connectivity index (χ2n) is 2.91. The molecule has 0 fully saturated rings. The molecule has 1 aromatic rings. The van der Waals surface area contributed by atoms with Crippen molar-refractivity contribution in [1.29, 1.82) is 0 Å². The van der Waals surface area contributed by atoms with E-state index in [-0.39, 0.29) is 0 Å². The number of hydrazine groups is 1. The molecule has 1 heterocycles. The van der Waals surface area contributed by atoms with Gasteiger partial charge in [-0.3, -0.25) is 0 Å². The third-order valence-electron chi connectivity index (χ3n) is 1.84. The van der Waals surface area contributed by atoms with Crippen molar-refractivity contribution in [3.63, 3.8) is 0 Å². The van der Waals surface area contributed by atoms with Gasteiger partial charge in [0.25, 0.3) is 0 Å². The Hall–Kier alpha value is -1.56. The summed E-state index contributed by atoms with van der Waals surface area (Å²) in [6.07, 6.45) is 3.62. The summed E-state index contributed by atoms with van der Waals surface area (Å²) in [6, 6.07) is 0. The van der Waals surface area contributed by atoms with Crippen LogP contribution in [-0.4, -0.2) is 16.5 Å².